The van der Waals surface area contributed by atoms with E-state index in [1.54, 1.807) is 0 Å². The van der Waals surface area contributed by atoms with Gasteiger partial charge in [0.25, 0.3) is 0 Å². The molecule has 0 aliphatic heterocycles. The van der Waals surface area contributed by atoms with Crippen LogP contribution in [-0.4, -0.2) is 37.2 Å². The van der Waals surface area contributed by atoms with Crippen LogP contribution < -0.4 is 0 Å². The van der Waals surface area contributed by atoms with Gasteiger partial charge in [0.15, 0.2) is 6.10 Å². The van der Waals surface area contributed by atoms with Crippen LogP contribution in [0.1, 0.15) is 290 Å². The van der Waals surface area contributed by atoms with E-state index in [2.05, 4.69) is 142 Å². The highest BCUT2D eigenvalue weighted by atomic mass is 16.6. The van der Waals surface area contributed by atoms with Crippen LogP contribution in [0, 0.1) is 0 Å². The van der Waals surface area contributed by atoms with Crippen molar-refractivity contribution >= 4 is 17.9 Å². The molecule has 0 radical (unpaired) electrons. The number of allylic oxidation sites excluding steroid dienone is 20. The van der Waals surface area contributed by atoms with Gasteiger partial charge < -0.3 is 14.2 Å². The Labute approximate surface area is 475 Å². The van der Waals surface area contributed by atoms with Gasteiger partial charge in [-0.1, -0.05) is 258 Å². The number of ether oxygens (including phenoxy) is 3. The van der Waals surface area contributed by atoms with Crippen molar-refractivity contribution in [1.29, 1.82) is 0 Å². The normalized spacial score (nSPS) is 12.9. The molecular formula is C71H118O6. The zero-order chi connectivity index (χ0) is 55.7. The highest BCUT2D eigenvalue weighted by Gasteiger charge is 2.19. The summed E-state index contributed by atoms with van der Waals surface area (Å²) < 4.78 is 16.9. The second-order valence-corrected chi connectivity index (χ2v) is 20.9. The molecule has 1 atom stereocenters. The lowest BCUT2D eigenvalue weighted by Gasteiger charge is -2.18. The smallest absolute Gasteiger partial charge is 0.306 e. The largest absolute Gasteiger partial charge is 0.462 e. The molecular weight excluding hydrogens is 949 g/mol. The van der Waals surface area contributed by atoms with Gasteiger partial charge in [-0.3, -0.25) is 14.4 Å². The molecule has 0 saturated heterocycles. The van der Waals surface area contributed by atoms with E-state index >= 15 is 0 Å². The summed E-state index contributed by atoms with van der Waals surface area (Å²) >= 11 is 0. The third-order valence-corrected chi connectivity index (χ3v) is 13.4. The summed E-state index contributed by atoms with van der Waals surface area (Å²) in [4.78, 5) is 38.4. The molecule has 1 unspecified atom stereocenters. The van der Waals surface area contributed by atoms with Crippen molar-refractivity contribution in [2.24, 2.45) is 0 Å². The first-order valence-electron chi connectivity index (χ1n) is 32.0. The molecule has 438 valence electrons. The van der Waals surface area contributed by atoms with E-state index in [1.165, 1.54) is 128 Å². The summed E-state index contributed by atoms with van der Waals surface area (Å²) in [6.45, 7) is 6.46. The van der Waals surface area contributed by atoms with Crippen molar-refractivity contribution in [2.45, 2.75) is 297 Å². The SMILES string of the molecule is CC/C=C\C/C=C\C/C=C\C/C=C\C/C=C\C/C=C\CCCCC(=O)OCC(COC(=O)CCCCCCCCCCC/C=C\CCCCCCCC)OC(=O)CCCCCCCC/C=C\C/C=C\C/C=C\CCCCC. The summed E-state index contributed by atoms with van der Waals surface area (Å²) in [5, 5.41) is 0. The average molecular weight is 1070 g/mol. The highest BCUT2D eigenvalue weighted by molar-refractivity contribution is 5.71. The fraction of sp³-hybridized carbons (Fsp3) is 0.676. The number of esters is 3. The molecule has 0 aromatic carbocycles. The fourth-order valence-electron chi connectivity index (χ4n) is 8.62. The quantitative estimate of drug-likeness (QED) is 0.0261. The third kappa shape index (κ3) is 62.5. The van der Waals surface area contributed by atoms with E-state index in [1.807, 2.05) is 0 Å². The molecule has 6 nitrogen and oxygen atoms in total. The van der Waals surface area contributed by atoms with Gasteiger partial charge >= 0.3 is 17.9 Å². The highest BCUT2D eigenvalue weighted by Crippen LogP contribution is 2.15. The van der Waals surface area contributed by atoms with Gasteiger partial charge in [-0.05, 0) is 135 Å². The molecule has 0 rings (SSSR count). The maximum absolute atomic E-state index is 12.9. The molecule has 0 spiro atoms. The Morgan fingerprint density at radius 2 is 0.506 bits per heavy atom. The van der Waals surface area contributed by atoms with Crippen molar-refractivity contribution < 1.29 is 28.6 Å². The maximum atomic E-state index is 12.9. The first-order valence-corrected chi connectivity index (χ1v) is 32.0. The van der Waals surface area contributed by atoms with Crippen LogP contribution in [0.5, 0.6) is 0 Å². The second-order valence-electron chi connectivity index (χ2n) is 20.9. The van der Waals surface area contributed by atoms with Crippen molar-refractivity contribution in [3.05, 3.63) is 122 Å². The van der Waals surface area contributed by atoms with Gasteiger partial charge in [0.05, 0.1) is 0 Å². The van der Waals surface area contributed by atoms with E-state index in [0.717, 1.165) is 116 Å². The van der Waals surface area contributed by atoms with Gasteiger partial charge in [-0.15, -0.1) is 0 Å². The first kappa shape index (κ1) is 72.8. The minimum absolute atomic E-state index is 0.100. The van der Waals surface area contributed by atoms with Crippen molar-refractivity contribution in [2.75, 3.05) is 13.2 Å². The zero-order valence-corrected chi connectivity index (χ0v) is 50.2. The summed E-state index contributed by atoms with van der Waals surface area (Å²) in [5.74, 6) is -0.956. The average Bonchev–Trinajstić information content (AvgIpc) is 3.43. The Bertz CT molecular complexity index is 1600. The molecule has 0 heterocycles. The number of unbranched alkanes of at least 4 members (excludes halogenated alkanes) is 26. The number of rotatable bonds is 57. The fourth-order valence-corrected chi connectivity index (χ4v) is 8.62. The predicted octanol–water partition coefficient (Wildman–Crippen LogP) is 22.0. The lowest BCUT2D eigenvalue weighted by molar-refractivity contribution is -0.167. The van der Waals surface area contributed by atoms with Crippen molar-refractivity contribution in [3.63, 3.8) is 0 Å². The lowest BCUT2D eigenvalue weighted by atomic mass is 10.1. The summed E-state index contributed by atoms with van der Waals surface area (Å²) in [7, 11) is 0. The molecule has 6 heteroatoms. The van der Waals surface area contributed by atoms with Crippen molar-refractivity contribution in [1.82, 2.24) is 0 Å². The molecule has 0 aliphatic rings. The number of carbonyl (C=O) groups is 3. The number of hydrogen-bond donors (Lipinski definition) is 0. The first-order chi connectivity index (χ1) is 38.0. The van der Waals surface area contributed by atoms with Gasteiger partial charge in [0.2, 0.25) is 0 Å². The van der Waals surface area contributed by atoms with Crippen LogP contribution >= 0.6 is 0 Å². The maximum Gasteiger partial charge on any atom is 0.306 e. The summed E-state index contributed by atoms with van der Waals surface area (Å²) in [5.41, 5.74) is 0. The molecule has 0 aromatic rings. The zero-order valence-electron chi connectivity index (χ0n) is 50.2. The van der Waals surface area contributed by atoms with Gasteiger partial charge in [-0.2, -0.15) is 0 Å². The molecule has 0 amide bonds. The minimum Gasteiger partial charge on any atom is -0.462 e. The molecule has 0 aliphatic carbocycles. The van der Waals surface area contributed by atoms with Crippen LogP contribution in [0.15, 0.2) is 122 Å². The van der Waals surface area contributed by atoms with E-state index < -0.39 is 6.10 Å². The van der Waals surface area contributed by atoms with Crippen LogP contribution in [0.3, 0.4) is 0 Å². The van der Waals surface area contributed by atoms with Gasteiger partial charge in [0, 0.05) is 19.3 Å². The third-order valence-electron chi connectivity index (χ3n) is 13.4. The second kappa shape index (κ2) is 64.3. The lowest BCUT2D eigenvalue weighted by Crippen LogP contribution is -2.30. The van der Waals surface area contributed by atoms with Gasteiger partial charge in [-0.25, -0.2) is 0 Å². The standard InChI is InChI=1S/C71H118O6/c1-4-7-10-13-16-19-22-25-28-31-34-35-38-40-43-46-49-52-55-58-61-64-70(73)76-67-68(77-71(74)65-62-59-56-53-50-47-44-41-37-33-30-27-24-21-18-15-12-9-6-3)66-75-69(72)63-60-57-54-51-48-45-42-39-36-32-29-26-23-20-17-14-11-8-5-2/h7,10,16,18-19,21,25-30,34-35,37,40-41,43,49,52,68H,4-6,8-9,11-15,17,20,22-24,31-33,36,38-39,42,44-48,50-51,53-67H2,1-3H3/b10-7-,19-16-,21-18-,28-25-,29-26-,30-27-,35-34-,41-37-,43-40-,52-49-. The predicted molar refractivity (Wildman–Crippen MR) is 334 cm³/mol. The summed E-state index contributed by atoms with van der Waals surface area (Å²) in [6, 6.07) is 0. The summed E-state index contributed by atoms with van der Waals surface area (Å²) in [6.07, 6.45) is 89.1. The number of hydrogen-bond acceptors (Lipinski definition) is 6. The molecule has 0 N–H and O–H groups in total. The van der Waals surface area contributed by atoms with E-state index in [4.69, 9.17) is 14.2 Å². The molecule has 0 bridgehead atoms. The molecule has 77 heavy (non-hydrogen) atoms. The van der Waals surface area contributed by atoms with Crippen LogP contribution in [0.4, 0.5) is 0 Å². The molecule has 0 saturated carbocycles. The topological polar surface area (TPSA) is 78.9 Å². The van der Waals surface area contributed by atoms with Crippen LogP contribution in [-0.2, 0) is 28.6 Å². The van der Waals surface area contributed by atoms with Crippen LogP contribution in [0.25, 0.3) is 0 Å². The number of carbonyl (C=O) groups excluding carboxylic acids is 3. The van der Waals surface area contributed by atoms with Crippen molar-refractivity contribution in [3.8, 4) is 0 Å². The van der Waals surface area contributed by atoms with E-state index in [-0.39, 0.29) is 31.1 Å². The van der Waals surface area contributed by atoms with Gasteiger partial charge in [0.1, 0.15) is 13.2 Å². The minimum atomic E-state index is -0.809. The van der Waals surface area contributed by atoms with Crippen LogP contribution in [0.2, 0.25) is 0 Å². The van der Waals surface area contributed by atoms with E-state index in [9.17, 15) is 14.4 Å². The molecule has 0 aromatic heterocycles. The van der Waals surface area contributed by atoms with E-state index in [0.29, 0.717) is 25.7 Å². The Balaban J connectivity index is 4.50. The Morgan fingerprint density at radius 3 is 0.857 bits per heavy atom. The molecule has 0 fully saturated rings. The Morgan fingerprint density at radius 1 is 0.273 bits per heavy atom. The monoisotopic (exact) mass is 1070 g/mol. The Kier molecular flexibility index (Phi) is 60.8. The Hall–Kier alpha value is -4.19.